The van der Waals surface area contributed by atoms with Crippen molar-refractivity contribution in [2.24, 2.45) is 0 Å². The Morgan fingerprint density at radius 1 is 1.00 bits per heavy atom. The molecule has 0 spiro atoms. The van der Waals surface area contributed by atoms with Crippen molar-refractivity contribution >= 4 is 12.6 Å². The second kappa shape index (κ2) is 4.34. The van der Waals surface area contributed by atoms with Crippen molar-refractivity contribution in [3.8, 4) is 0 Å². The van der Waals surface area contributed by atoms with Gasteiger partial charge in [-0.3, -0.25) is 0 Å². The Morgan fingerprint density at radius 2 is 1.68 bits per heavy atom. The van der Waals surface area contributed by atoms with Gasteiger partial charge in [0.1, 0.15) is 0 Å². The van der Waals surface area contributed by atoms with Gasteiger partial charge in [-0.1, -0.05) is 18.2 Å². The van der Waals surface area contributed by atoms with E-state index in [0.717, 1.165) is 18.5 Å². The van der Waals surface area contributed by atoms with E-state index < -0.39 is 0 Å². The van der Waals surface area contributed by atoms with Crippen LogP contribution < -0.4 is 5.46 Å². The summed E-state index contributed by atoms with van der Waals surface area (Å²) in [6.45, 7) is 9.83. The number of hydrogen-bond donors (Lipinski definition) is 0. The van der Waals surface area contributed by atoms with Crippen molar-refractivity contribution in [1.82, 2.24) is 0 Å². The molecule has 0 amide bonds. The number of ether oxygens (including phenoxy) is 1. The van der Waals surface area contributed by atoms with E-state index in [4.69, 9.17) is 14.0 Å². The number of rotatable bonds is 1. The van der Waals surface area contributed by atoms with Gasteiger partial charge in [-0.05, 0) is 50.7 Å². The van der Waals surface area contributed by atoms with Crippen LogP contribution in [0.25, 0.3) is 0 Å². The Labute approximate surface area is 115 Å². The maximum atomic E-state index is 6.08. The van der Waals surface area contributed by atoms with Crippen LogP contribution >= 0.6 is 0 Å². The number of hydrogen-bond acceptors (Lipinski definition) is 3. The van der Waals surface area contributed by atoms with E-state index in [-0.39, 0.29) is 18.3 Å². The molecule has 0 bridgehead atoms. The van der Waals surface area contributed by atoms with E-state index in [1.807, 2.05) is 0 Å². The van der Waals surface area contributed by atoms with Crippen molar-refractivity contribution < 1.29 is 14.0 Å². The summed E-state index contributed by atoms with van der Waals surface area (Å²) in [4.78, 5) is 0. The summed E-state index contributed by atoms with van der Waals surface area (Å²) in [5.74, 6) is 0. The molecule has 102 valence electrons. The lowest BCUT2D eigenvalue weighted by molar-refractivity contribution is 0.00578. The van der Waals surface area contributed by atoms with Crippen molar-refractivity contribution in [1.29, 1.82) is 0 Å². The Balaban J connectivity index is 1.88. The van der Waals surface area contributed by atoms with Gasteiger partial charge in [0, 0.05) is 0 Å². The zero-order valence-electron chi connectivity index (χ0n) is 12.2. The van der Waals surface area contributed by atoms with E-state index in [1.54, 1.807) is 0 Å². The maximum Gasteiger partial charge on any atom is 0.494 e. The predicted octanol–water partition coefficient (Wildman–Crippen LogP) is 2.06. The van der Waals surface area contributed by atoms with Crippen molar-refractivity contribution in [2.45, 2.75) is 51.9 Å². The molecule has 0 N–H and O–H groups in total. The summed E-state index contributed by atoms with van der Waals surface area (Å²) in [5.41, 5.74) is 3.15. The molecule has 0 aromatic heterocycles. The molecule has 1 fully saturated rings. The van der Waals surface area contributed by atoms with Crippen LogP contribution in [0.1, 0.15) is 38.8 Å². The first-order chi connectivity index (χ1) is 8.89. The fraction of sp³-hybridized carbons (Fsp3) is 0.600. The van der Waals surface area contributed by atoms with Gasteiger partial charge in [-0.25, -0.2) is 0 Å². The minimum atomic E-state index is -0.288. The van der Waals surface area contributed by atoms with E-state index in [2.05, 4.69) is 45.9 Å². The zero-order valence-corrected chi connectivity index (χ0v) is 12.2. The first-order valence-corrected chi connectivity index (χ1v) is 6.94. The summed E-state index contributed by atoms with van der Waals surface area (Å²) in [6, 6.07) is 6.46. The zero-order chi connectivity index (χ0) is 13.7. The van der Waals surface area contributed by atoms with Gasteiger partial charge in [-0.2, -0.15) is 0 Å². The third kappa shape index (κ3) is 2.22. The first-order valence-electron chi connectivity index (χ1n) is 6.94. The third-order valence-electron chi connectivity index (χ3n) is 4.53. The Bertz CT molecular complexity index is 480. The standard InChI is InChI=1S/C15H21BO3/c1-14(2)15(3,4)19-16(18-14)13-6-5-11-7-8-17-10-12(11)9-13/h5-6,9H,7-8,10H2,1-4H3. The average molecular weight is 260 g/mol. The summed E-state index contributed by atoms with van der Waals surface area (Å²) < 4.78 is 17.7. The highest BCUT2D eigenvalue weighted by Crippen LogP contribution is 2.36. The fourth-order valence-electron chi connectivity index (χ4n) is 2.51. The largest absolute Gasteiger partial charge is 0.494 e. The molecule has 3 rings (SSSR count). The molecule has 0 atom stereocenters. The van der Waals surface area contributed by atoms with E-state index >= 15 is 0 Å². The summed E-state index contributed by atoms with van der Waals surface area (Å²) >= 11 is 0. The molecule has 1 saturated heterocycles. The molecule has 1 aromatic rings. The summed E-state index contributed by atoms with van der Waals surface area (Å²) in [7, 11) is -0.280. The van der Waals surface area contributed by atoms with Crippen LogP contribution in [-0.4, -0.2) is 24.9 Å². The Hall–Kier alpha value is -0.835. The molecule has 4 heteroatoms. The highest BCUT2D eigenvalue weighted by Gasteiger charge is 2.51. The lowest BCUT2D eigenvalue weighted by Crippen LogP contribution is -2.41. The van der Waals surface area contributed by atoms with Gasteiger partial charge in [0.25, 0.3) is 0 Å². The highest BCUT2D eigenvalue weighted by atomic mass is 16.7. The molecule has 2 aliphatic heterocycles. The van der Waals surface area contributed by atoms with Crippen molar-refractivity contribution in [3.63, 3.8) is 0 Å². The smallest absolute Gasteiger partial charge is 0.399 e. The molecular weight excluding hydrogens is 239 g/mol. The minimum absolute atomic E-state index is 0.280. The first kappa shape index (κ1) is 13.2. The molecule has 0 saturated carbocycles. The maximum absolute atomic E-state index is 6.08. The Morgan fingerprint density at radius 3 is 2.37 bits per heavy atom. The van der Waals surface area contributed by atoms with Gasteiger partial charge >= 0.3 is 7.12 Å². The van der Waals surface area contributed by atoms with Crippen molar-refractivity contribution in [3.05, 3.63) is 29.3 Å². The summed E-state index contributed by atoms with van der Waals surface area (Å²) in [5, 5.41) is 0. The SMILES string of the molecule is CC1(C)OB(c2ccc3c(c2)COCC3)OC1(C)C. The van der Waals surface area contributed by atoms with Crippen LogP contribution in [0.3, 0.4) is 0 Å². The highest BCUT2D eigenvalue weighted by molar-refractivity contribution is 6.62. The minimum Gasteiger partial charge on any atom is -0.399 e. The van der Waals surface area contributed by atoms with Crippen LogP contribution in [0.5, 0.6) is 0 Å². The van der Waals surface area contributed by atoms with E-state index in [9.17, 15) is 0 Å². The van der Waals surface area contributed by atoms with Gasteiger partial charge in [0.15, 0.2) is 0 Å². The monoisotopic (exact) mass is 260 g/mol. The molecule has 2 heterocycles. The topological polar surface area (TPSA) is 27.7 Å². The van der Waals surface area contributed by atoms with E-state index in [0.29, 0.717) is 6.61 Å². The summed E-state index contributed by atoms with van der Waals surface area (Å²) in [6.07, 6.45) is 0.999. The van der Waals surface area contributed by atoms with Gasteiger partial charge in [0.2, 0.25) is 0 Å². The predicted molar refractivity (Wildman–Crippen MR) is 75.5 cm³/mol. The molecule has 3 nitrogen and oxygen atoms in total. The van der Waals surface area contributed by atoms with Crippen molar-refractivity contribution in [2.75, 3.05) is 6.61 Å². The van der Waals surface area contributed by atoms with Crippen LogP contribution in [0, 0.1) is 0 Å². The number of fused-ring (bicyclic) bond motifs is 1. The van der Waals surface area contributed by atoms with Gasteiger partial charge < -0.3 is 14.0 Å². The lowest BCUT2D eigenvalue weighted by Gasteiger charge is -2.32. The van der Waals surface area contributed by atoms with Crippen LogP contribution in [0.2, 0.25) is 0 Å². The van der Waals surface area contributed by atoms with Crippen LogP contribution in [-0.2, 0) is 27.1 Å². The third-order valence-corrected chi connectivity index (χ3v) is 4.53. The molecule has 1 aromatic carbocycles. The van der Waals surface area contributed by atoms with Gasteiger partial charge in [-0.15, -0.1) is 0 Å². The molecule has 19 heavy (non-hydrogen) atoms. The van der Waals surface area contributed by atoms with Gasteiger partial charge in [0.05, 0.1) is 24.4 Å². The molecule has 2 aliphatic rings. The Kier molecular flexibility index (Phi) is 3.00. The molecule has 0 radical (unpaired) electrons. The molecule has 0 unspecified atom stereocenters. The average Bonchev–Trinajstić information content (AvgIpc) is 2.58. The second-order valence-corrected chi connectivity index (χ2v) is 6.42. The molecular formula is C15H21BO3. The quantitative estimate of drug-likeness (QED) is 0.723. The van der Waals surface area contributed by atoms with E-state index in [1.165, 1.54) is 11.1 Å². The normalized spacial score (nSPS) is 24.3. The second-order valence-electron chi connectivity index (χ2n) is 6.42. The van der Waals surface area contributed by atoms with Crippen LogP contribution in [0.4, 0.5) is 0 Å². The lowest BCUT2D eigenvalue weighted by atomic mass is 9.77. The number of benzene rings is 1. The fourth-order valence-corrected chi connectivity index (χ4v) is 2.51. The molecule has 0 aliphatic carbocycles. The van der Waals surface area contributed by atoms with Crippen LogP contribution in [0.15, 0.2) is 18.2 Å².